The van der Waals surface area contributed by atoms with Crippen LogP contribution < -0.4 is 10.5 Å². The maximum Gasteiger partial charge on any atom is 0.262 e. The van der Waals surface area contributed by atoms with Crippen LogP contribution >= 0.6 is 0 Å². The van der Waals surface area contributed by atoms with Crippen molar-refractivity contribution in [3.05, 3.63) is 53.6 Å². The molecule has 0 saturated carbocycles. The normalized spacial score (nSPS) is 11.3. The van der Waals surface area contributed by atoms with E-state index in [0.717, 1.165) is 18.2 Å². The molecule has 106 valence electrons. The summed E-state index contributed by atoms with van der Waals surface area (Å²) in [6.45, 7) is 1.61. The predicted octanol–water partition coefficient (Wildman–Crippen LogP) is 2.66. The van der Waals surface area contributed by atoms with Crippen molar-refractivity contribution in [1.82, 2.24) is 0 Å². The van der Waals surface area contributed by atoms with Crippen LogP contribution in [0.5, 0.6) is 0 Å². The van der Waals surface area contributed by atoms with E-state index in [4.69, 9.17) is 5.73 Å². The smallest absolute Gasteiger partial charge is 0.262 e. The van der Waals surface area contributed by atoms with E-state index in [0.29, 0.717) is 11.3 Å². The molecular weight excluding hydrogens is 286 g/mol. The summed E-state index contributed by atoms with van der Waals surface area (Å²) in [5, 5.41) is 0. The highest BCUT2D eigenvalue weighted by atomic mass is 32.2. The first-order valence-electron chi connectivity index (χ1n) is 5.63. The Morgan fingerprint density at radius 3 is 2.40 bits per heavy atom. The van der Waals surface area contributed by atoms with Crippen molar-refractivity contribution >= 4 is 21.4 Å². The summed E-state index contributed by atoms with van der Waals surface area (Å²) in [6, 6.07) is 7.20. The van der Waals surface area contributed by atoms with Crippen LogP contribution in [0.2, 0.25) is 0 Å². The molecule has 0 radical (unpaired) electrons. The van der Waals surface area contributed by atoms with E-state index in [1.54, 1.807) is 19.1 Å². The summed E-state index contributed by atoms with van der Waals surface area (Å²) >= 11 is 0. The molecule has 2 rings (SSSR count). The first-order chi connectivity index (χ1) is 9.29. The molecule has 20 heavy (non-hydrogen) atoms. The lowest BCUT2D eigenvalue weighted by Gasteiger charge is -2.11. The van der Waals surface area contributed by atoms with Crippen molar-refractivity contribution in [2.75, 3.05) is 10.5 Å². The van der Waals surface area contributed by atoms with E-state index >= 15 is 0 Å². The Morgan fingerprint density at radius 1 is 1.05 bits per heavy atom. The molecule has 2 aromatic rings. The van der Waals surface area contributed by atoms with E-state index in [1.165, 1.54) is 6.07 Å². The third-order valence-corrected chi connectivity index (χ3v) is 4.20. The zero-order chi connectivity index (χ0) is 14.9. The summed E-state index contributed by atoms with van der Waals surface area (Å²) in [4.78, 5) is -0.0118. The molecule has 0 amide bonds. The van der Waals surface area contributed by atoms with Crippen LogP contribution in [-0.2, 0) is 10.0 Å². The van der Waals surface area contributed by atoms with Gasteiger partial charge in [-0.2, -0.15) is 0 Å². The van der Waals surface area contributed by atoms with E-state index in [2.05, 4.69) is 4.72 Å². The molecular formula is C13H12F2N2O2S. The fourth-order valence-corrected chi connectivity index (χ4v) is 3.01. The quantitative estimate of drug-likeness (QED) is 0.856. The molecule has 0 aliphatic carbocycles. The van der Waals surface area contributed by atoms with Gasteiger partial charge < -0.3 is 5.73 Å². The summed E-state index contributed by atoms with van der Waals surface area (Å²) in [6.07, 6.45) is 0. The van der Waals surface area contributed by atoms with Gasteiger partial charge >= 0.3 is 0 Å². The third kappa shape index (κ3) is 2.88. The standard InChI is InChI=1S/C13H12F2N2O2S/c1-8-2-3-9(16)6-13(8)20(18,19)17-10-4-5-11(14)12(15)7-10/h2-7,17H,16H2,1H3. The average Bonchev–Trinajstić information content (AvgIpc) is 2.36. The molecule has 0 aliphatic heterocycles. The summed E-state index contributed by atoms with van der Waals surface area (Å²) in [5.74, 6) is -2.18. The number of hydrogen-bond acceptors (Lipinski definition) is 3. The van der Waals surface area contributed by atoms with Crippen molar-refractivity contribution < 1.29 is 17.2 Å². The second kappa shape index (κ2) is 5.09. The Morgan fingerprint density at radius 2 is 1.75 bits per heavy atom. The van der Waals surface area contributed by atoms with E-state index in [9.17, 15) is 17.2 Å². The SMILES string of the molecule is Cc1ccc(N)cc1S(=O)(=O)Nc1ccc(F)c(F)c1. The van der Waals surface area contributed by atoms with Crippen LogP contribution in [0.15, 0.2) is 41.3 Å². The Labute approximate surface area is 115 Å². The number of nitrogens with two attached hydrogens (primary N) is 1. The zero-order valence-electron chi connectivity index (χ0n) is 10.5. The lowest BCUT2D eigenvalue weighted by atomic mass is 10.2. The third-order valence-electron chi connectivity index (χ3n) is 2.67. The fourth-order valence-electron chi connectivity index (χ4n) is 1.68. The van der Waals surface area contributed by atoms with Gasteiger partial charge in [0.15, 0.2) is 11.6 Å². The van der Waals surface area contributed by atoms with Crippen molar-refractivity contribution in [2.24, 2.45) is 0 Å². The highest BCUT2D eigenvalue weighted by Crippen LogP contribution is 2.22. The molecule has 4 nitrogen and oxygen atoms in total. The Hall–Kier alpha value is -2.15. The van der Waals surface area contributed by atoms with Gasteiger partial charge in [-0.3, -0.25) is 4.72 Å². The molecule has 0 atom stereocenters. The van der Waals surface area contributed by atoms with Gasteiger partial charge in [0.05, 0.1) is 10.6 Å². The number of benzene rings is 2. The highest BCUT2D eigenvalue weighted by molar-refractivity contribution is 7.92. The molecule has 0 bridgehead atoms. The molecule has 0 heterocycles. The molecule has 7 heteroatoms. The van der Waals surface area contributed by atoms with Crippen LogP contribution in [0.4, 0.5) is 20.2 Å². The van der Waals surface area contributed by atoms with Crippen LogP contribution in [0.3, 0.4) is 0 Å². The molecule has 2 aromatic carbocycles. The van der Waals surface area contributed by atoms with Gasteiger partial charge in [-0.25, -0.2) is 17.2 Å². The Balaban J connectivity index is 2.40. The summed E-state index contributed by atoms with van der Waals surface area (Å²) in [5.41, 5.74) is 6.28. The van der Waals surface area contributed by atoms with Gasteiger partial charge in [0, 0.05) is 11.8 Å². The zero-order valence-corrected chi connectivity index (χ0v) is 11.3. The lowest BCUT2D eigenvalue weighted by molar-refractivity contribution is 0.509. The van der Waals surface area contributed by atoms with Gasteiger partial charge in [-0.15, -0.1) is 0 Å². The van der Waals surface area contributed by atoms with Crippen LogP contribution in [0.1, 0.15) is 5.56 Å². The molecule has 0 spiro atoms. The molecule has 0 aromatic heterocycles. The van der Waals surface area contributed by atoms with Crippen LogP contribution in [-0.4, -0.2) is 8.42 Å². The number of nitrogen functional groups attached to an aromatic ring is 1. The second-order valence-corrected chi connectivity index (χ2v) is 5.91. The number of aryl methyl sites for hydroxylation is 1. The minimum atomic E-state index is -3.92. The number of nitrogens with one attached hydrogen (secondary N) is 1. The van der Waals surface area contributed by atoms with Crippen molar-refractivity contribution in [2.45, 2.75) is 11.8 Å². The topological polar surface area (TPSA) is 72.2 Å². The minimum Gasteiger partial charge on any atom is -0.399 e. The number of halogens is 2. The van der Waals surface area contributed by atoms with E-state index < -0.39 is 21.7 Å². The average molecular weight is 298 g/mol. The number of sulfonamides is 1. The predicted molar refractivity (Wildman–Crippen MR) is 72.8 cm³/mol. The Bertz CT molecular complexity index is 761. The van der Waals surface area contributed by atoms with Gasteiger partial charge in [-0.1, -0.05) is 6.07 Å². The van der Waals surface area contributed by atoms with E-state index in [-0.39, 0.29) is 10.6 Å². The number of hydrogen-bond donors (Lipinski definition) is 2. The van der Waals surface area contributed by atoms with Gasteiger partial charge in [0.2, 0.25) is 0 Å². The lowest BCUT2D eigenvalue weighted by Crippen LogP contribution is -2.14. The van der Waals surface area contributed by atoms with Gasteiger partial charge in [0.25, 0.3) is 10.0 Å². The number of anilines is 2. The Kier molecular flexibility index (Phi) is 3.63. The van der Waals surface area contributed by atoms with Crippen molar-refractivity contribution in [1.29, 1.82) is 0 Å². The van der Waals surface area contributed by atoms with Crippen molar-refractivity contribution in [3.8, 4) is 0 Å². The molecule has 0 unspecified atom stereocenters. The maximum absolute atomic E-state index is 13.1. The molecule has 0 fully saturated rings. The molecule has 3 N–H and O–H groups in total. The monoisotopic (exact) mass is 298 g/mol. The van der Waals surface area contributed by atoms with Gasteiger partial charge in [0.1, 0.15) is 0 Å². The van der Waals surface area contributed by atoms with Gasteiger partial charge in [-0.05, 0) is 36.8 Å². The first kappa shape index (κ1) is 14.3. The molecule has 0 aliphatic rings. The fraction of sp³-hybridized carbons (Fsp3) is 0.0769. The largest absolute Gasteiger partial charge is 0.399 e. The minimum absolute atomic E-state index is 0.0118. The first-order valence-corrected chi connectivity index (χ1v) is 7.12. The second-order valence-electron chi connectivity index (χ2n) is 4.26. The number of rotatable bonds is 3. The van der Waals surface area contributed by atoms with E-state index in [1.807, 2.05) is 0 Å². The summed E-state index contributed by atoms with van der Waals surface area (Å²) < 4.78 is 52.4. The van der Waals surface area contributed by atoms with Crippen LogP contribution in [0.25, 0.3) is 0 Å². The van der Waals surface area contributed by atoms with Crippen molar-refractivity contribution in [3.63, 3.8) is 0 Å². The molecule has 0 saturated heterocycles. The van der Waals surface area contributed by atoms with Crippen LogP contribution in [0, 0.1) is 18.6 Å². The maximum atomic E-state index is 13.1. The summed E-state index contributed by atoms with van der Waals surface area (Å²) in [7, 11) is -3.92. The highest BCUT2D eigenvalue weighted by Gasteiger charge is 2.18.